The molecule has 0 heterocycles. The number of sulfonamides is 1. The van der Waals surface area contributed by atoms with Crippen molar-refractivity contribution in [3.05, 3.63) is 23.8 Å². The summed E-state index contributed by atoms with van der Waals surface area (Å²) in [6, 6.07) is 4.73. The van der Waals surface area contributed by atoms with Gasteiger partial charge in [0.2, 0.25) is 10.0 Å². The summed E-state index contributed by atoms with van der Waals surface area (Å²) in [5.41, 5.74) is 5.88. The minimum atomic E-state index is -3.66. The van der Waals surface area contributed by atoms with Gasteiger partial charge in [-0.1, -0.05) is 11.8 Å². The smallest absolute Gasteiger partial charge is 0.244 e. The van der Waals surface area contributed by atoms with Gasteiger partial charge in [0.25, 0.3) is 0 Å². The van der Waals surface area contributed by atoms with Gasteiger partial charge in [0, 0.05) is 25.8 Å². The van der Waals surface area contributed by atoms with E-state index in [1.165, 1.54) is 13.2 Å². The van der Waals surface area contributed by atoms with Crippen molar-refractivity contribution < 1.29 is 17.9 Å². The molecular formula is C14H20N2O4S. The number of ether oxygens (including phenoxy) is 2. The van der Waals surface area contributed by atoms with Gasteiger partial charge in [0.15, 0.2) is 0 Å². The van der Waals surface area contributed by atoms with Crippen LogP contribution in [0.15, 0.2) is 23.1 Å². The van der Waals surface area contributed by atoms with Crippen LogP contribution in [-0.2, 0) is 14.8 Å². The van der Waals surface area contributed by atoms with E-state index >= 15 is 0 Å². The highest BCUT2D eigenvalue weighted by Crippen LogP contribution is 2.24. The van der Waals surface area contributed by atoms with E-state index in [1.807, 2.05) is 0 Å². The molecule has 0 saturated carbocycles. The van der Waals surface area contributed by atoms with Crippen LogP contribution in [0, 0.1) is 11.8 Å². The molecular weight excluding hydrogens is 292 g/mol. The largest absolute Gasteiger partial charge is 0.495 e. The van der Waals surface area contributed by atoms with E-state index < -0.39 is 10.0 Å². The standard InChI is InChI=1S/C14H20N2O4S/c1-19-10-4-9-16-21(17,18)14-11-12(5-3-8-15)6-7-13(14)20-2/h6-7,11,16H,4,8-10,15H2,1-2H3. The zero-order valence-corrected chi connectivity index (χ0v) is 13.0. The summed E-state index contributed by atoms with van der Waals surface area (Å²) in [5.74, 6) is 5.76. The monoisotopic (exact) mass is 312 g/mol. The molecule has 6 nitrogen and oxygen atoms in total. The first-order chi connectivity index (χ1) is 10.0. The summed E-state index contributed by atoms with van der Waals surface area (Å²) in [6.07, 6.45) is 0.588. The number of rotatable bonds is 7. The molecule has 7 heteroatoms. The first-order valence-electron chi connectivity index (χ1n) is 6.40. The Kier molecular flexibility index (Phi) is 7.19. The molecule has 0 spiro atoms. The van der Waals surface area contributed by atoms with Gasteiger partial charge in [-0.2, -0.15) is 0 Å². The summed E-state index contributed by atoms with van der Waals surface area (Å²) in [7, 11) is -0.673. The predicted molar refractivity (Wildman–Crippen MR) is 80.6 cm³/mol. The van der Waals surface area contributed by atoms with Crippen LogP contribution in [0.25, 0.3) is 0 Å². The van der Waals surface area contributed by atoms with Gasteiger partial charge in [0.1, 0.15) is 10.6 Å². The number of nitrogens with two attached hydrogens (primary N) is 1. The maximum Gasteiger partial charge on any atom is 0.244 e. The molecule has 0 aliphatic rings. The molecule has 1 aromatic carbocycles. The van der Waals surface area contributed by atoms with Gasteiger partial charge in [-0.25, -0.2) is 13.1 Å². The average Bonchev–Trinajstić information content (AvgIpc) is 2.49. The van der Waals surface area contributed by atoms with E-state index in [0.29, 0.717) is 18.6 Å². The van der Waals surface area contributed by atoms with Crippen LogP contribution in [0.1, 0.15) is 12.0 Å². The number of methoxy groups -OCH3 is 2. The van der Waals surface area contributed by atoms with E-state index in [9.17, 15) is 8.42 Å². The van der Waals surface area contributed by atoms with Crippen LogP contribution < -0.4 is 15.2 Å². The van der Waals surface area contributed by atoms with Crippen molar-refractivity contribution in [3.8, 4) is 17.6 Å². The highest BCUT2D eigenvalue weighted by atomic mass is 32.2. The van der Waals surface area contributed by atoms with Crippen molar-refractivity contribution in [2.75, 3.05) is 33.9 Å². The van der Waals surface area contributed by atoms with E-state index in [4.69, 9.17) is 15.2 Å². The molecule has 0 bridgehead atoms. The normalized spacial score (nSPS) is 10.8. The molecule has 21 heavy (non-hydrogen) atoms. The van der Waals surface area contributed by atoms with Crippen molar-refractivity contribution >= 4 is 10.0 Å². The van der Waals surface area contributed by atoms with Crippen LogP contribution in [-0.4, -0.2) is 42.3 Å². The number of benzene rings is 1. The number of nitrogens with one attached hydrogen (secondary N) is 1. The molecule has 3 N–H and O–H groups in total. The quantitative estimate of drug-likeness (QED) is 0.559. The Labute approximate surface area is 125 Å². The molecule has 0 aliphatic carbocycles. The zero-order chi connectivity index (χ0) is 15.7. The fraction of sp³-hybridized carbons (Fsp3) is 0.429. The Balaban J connectivity index is 3.01. The lowest BCUT2D eigenvalue weighted by Crippen LogP contribution is -2.26. The van der Waals surface area contributed by atoms with Crippen molar-refractivity contribution in [2.24, 2.45) is 5.73 Å². The lowest BCUT2D eigenvalue weighted by atomic mass is 10.2. The first-order valence-corrected chi connectivity index (χ1v) is 7.89. The predicted octanol–water partition coefficient (Wildman–Crippen LogP) is 0.320. The molecule has 0 unspecified atom stereocenters. The van der Waals surface area contributed by atoms with Gasteiger partial charge in [-0.05, 0) is 24.6 Å². The van der Waals surface area contributed by atoms with Crippen molar-refractivity contribution in [2.45, 2.75) is 11.3 Å². The van der Waals surface area contributed by atoms with Gasteiger partial charge in [-0.3, -0.25) is 0 Å². The second-order valence-electron chi connectivity index (χ2n) is 4.12. The molecule has 0 atom stereocenters. The Morgan fingerprint density at radius 1 is 1.33 bits per heavy atom. The summed E-state index contributed by atoms with van der Waals surface area (Å²) >= 11 is 0. The second-order valence-corrected chi connectivity index (χ2v) is 5.85. The van der Waals surface area contributed by atoms with Gasteiger partial charge >= 0.3 is 0 Å². The fourth-order valence-electron chi connectivity index (χ4n) is 1.62. The number of hydrogen-bond acceptors (Lipinski definition) is 5. The van der Waals surface area contributed by atoms with Crippen LogP contribution in [0.3, 0.4) is 0 Å². The topological polar surface area (TPSA) is 90.7 Å². The average molecular weight is 312 g/mol. The Morgan fingerprint density at radius 2 is 2.10 bits per heavy atom. The Hall–Kier alpha value is -1.59. The molecule has 0 radical (unpaired) electrons. The third-order valence-corrected chi connectivity index (χ3v) is 4.09. The molecule has 0 amide bonds. The molecule has 0 aliphatic heterocycles. The minimum absolute atomic E-state index is 0.0613. The van der Waals surface area contributed by atoms with Gasteiger partial charge in [-0.15, -0.1) is 0 Å². The molecule has 1 aromatic rings. The first kappa shape index (κ1) is 17.5. The van der Waals surface area contributed by atoms with Gasteiger partial charge in [0.05, 0.1) is 13.7 Å². The highest BCUT2D eigenvalue weighted by Gasteiger charge is 2.19. The Morgan fingerprint density at radius 3 is 2.71 bits per heavy atom. The minimum Gasteiger partial charge on any atom is -0.495 e. The molecule has 0 saturated heterocycles. The van der Waals surface area contributed by atoms with E-state index in [0.717, 1.165) is 0 Å². The molecule has 1 rings (SSSR count). The van der Waals surface area contributed by atoms with E-state index in [2.05, 4.69) is 16.6 Å². The SMILES string of the molecule is COCCCNS(=O)(=O)c1cc(C#CCN)ccc1OC. The summed E-state index contributed by atoms with van der Waals surface area (Å²) in [6.45, 7) is 0.989. The second kappa shape index (κ2) is 8.64. The third kappa shape index (κ3) is 5.36. The summed E-state index contributed by atoms with van der Waals surface area (Å²) < 4.78 is 37.1. The van der Waals surface area contributed by atoms with Crippen LogP contribution in [0.4, 0.5) is 0 Å². The molecule has 116 valence electrons. The molecule has 0 fully saturated rings. The van der Waals surface area contributed by atoms with Crippen LogP contribution in [0.5, 0.6) is 5.75 Å². The summed E-state index contributed by atoms with van der Waals surface area (Å²) in [5, 5.41) is 0. The third-order valence-electron chi connectivity index (χ3n) is 2.61. The summed E-state index contributed by atoms with van der Waals surface area (Å²) in [4.78, 5) is 0.0613. The fourth-order valence-corrected chi connectivity index (χ4v) is 2.89. The maximum absolute atomic E-state index is 12.3. The number of hydrogen-bond donors (Lipinski definition) is 2. The lowest BCUT2D eigenvalue weighted by molar-refractivity contribution is 0.196. The van der Waals surface area contributed by atoms with E-state index in [-0.39, 0.29) is 23.7 Å². The maximum atomic E-state index is 12.3. The van der Waals surface area contributed by atoms with Crippen molar-refractivity contribution in [3.63, 3.8) is 0 Å². The Bertz CT molecular complexity index is 618. The van der Waals surface area contributed by atoms with Crippen LogP contribution >= 0.6 is 0 Å². The van der Waals surface area contributed by atoms with Gasteiger partial charge < -0.3 is 15.2 Å². The van der Waals surface area contributed by atoms with Crippen molar-refractivity contribution in [1.82, 2.24) is 4.72 Å². The van der Waals surface area contributed by atoms with E-state index in [1.54, 1.807) is 19.2 Å². The zero-order valence-electron chi connectivity index (χ0n) is 12.2. The van der Waals surface area contributed by atoms with Crippen molar-refractivity contribution in [1.29, 1.82) is 0 Å². The van der Waals surface area contributed by atoms with Crippen LogP contribution in [0.2, 0.25) is 0 Å². The molecule has 0 aromatic heterocycles. The highest BCUT2D eigenvalue weighted by molar-refractivity contribution is 7.89. The lowest BCUT2D eigenvalue weighted by Gasteiger charge is -2.11.